The summed E-state index contributed by atoms with van der Waals surface area (Å²) in [6.45, 7) is 6.92. The fourth-order valence-corrected chi connectivity index (χ4v) is 6.82. The van der Waals surface area contributed by atoms with Gasteiger partial charge in [-0.25, -0.2) is 0 Å². The lowest BCUT2D eigenvalue weighted by molar-refractivity contribution is 0.515. The van der Waals surface area contributed by atoms with Gasteiger partial charge in [0, 0.05) is 0 Å². The van der Waals surface area contributed by atoms with Gasteiger partial charge in [-0.15, -0.1) is 0 Å². The molecule has 0 heterocycles. The Morgan fingerprint density at radius 3 is 2.05 bits per heavy atom. The van der Waals surface area contributed by atoms with Crippen LogP contribution in [0, 0.1) is 0 Å². The zero-order valence-electron chi connectivity index (χ0n) is 14.4. The molecule has 0 radical (unpaired) electrons. The predicted molar refractivity (Wildman–Crippen MR) is 96.6 cm³/mol. The van der Waals surface area contributed by atoms with Crippen molar-refractivity contribution in [2.75, 3.05) is 0 Å². The van der Waals surface area contributed by atoms with Gasteiger partial charge in [0.15, 0.2) is 0 Å². The van der Waals surface area contributed by atoms with Gasteiger partial charge in [-0.1, -0.05) is 83.9 Å². The highest BCUT2D eigenvalue weighted by atomic mass is 28.4. The highest BCUT2D eigenvalue weighted by molar-refractivity contribution is 6.74. The van der Waals surface area contributed by atoms with E-state index in [0.29, 0.717) is 0 Å². The van der Waals surface area contributed by atoms with Crippen LogP contribution in [-0.4, -0.2) is 8.32 Å². The van der Waals surface area contributed by atoms with Crippen LogP contribution < -0.4 is 4.43 Å². The van der Waals surface area contributed by atoms with Gasteiger partial charge in [0.05, 0.1) is 0 Å². The second-order valence-electron chi connectivity index (χ2n) is 6.22. The Balaban J connectivity index is 2.49. The molecule has 120 valence electrons. The molecule has 0 saturated carbocycles. The second kappa shape index (κ2) is 10.9. The molecule has 1 aromatic rings. The normalized spacial score (nSPS) is 13.9. The molecule has 2 heteroatoms. The molecule has 21 heavy (non-hydrogen) atoms. The van der Waals surface area contributed by atoms with Crippen molar-refractivity contribution in [2.45, 2.75) is 83.8 Å². The van der Waals surface area contributed by atoms with Crippen LogP contribution >= 0.6 is 0 Å². The molecule has 0 aliphatic heterocycles. The van der Waals surface area contributed by atoms with E-state index in [2.05, 4.69) is 51.1 Å². The van der Waals surface area contributed by atoms with Crippen LogP contribution in [0.4, 0.5) is 0 Å². The van der Waals surface area contributed by atoms with E-state index in [0.717, 1.165) is 5.75 Å². The molecule has 0 aromatic heterocycles. The lowest BCUT2D eigenvalue weighted by atomic mass is 10.1. The summed E-state index contributed by atoms with van der Waals surface area (Å²) >= 11 is 0. The zero-order valence-corrected chi connectivity index (χ0v) is 15.4. The molecule has 0 bridgehead atoms. The number of para-hydroxylation sites is 1. The molecule has 1 aromatic carbocycles. The largest absolute Gasteiger partial charge is 0.543 e. The molecule has 1 rings (SSSR count). The van der Waals surface area contributed by atoms with Crippen molar-refractivity contribution in [3.63, 3.8) is 0 Å². The van der Waals surface area contributed by atoms with E-state index in [-0.39, 0.29) is 0 Å². The lowest BCUT2D eigenvalue weighted by Gasteiger charge is -2.31. The summed E-state index contributed by atoms with van der Waals surface area (Å²) in [7, 11) is -1.58. The van der Waals surface area contributed by atoms with Gasteiger partial charge in [0.25, 0.3) is 8.32 Å². The highest BCUT2D eigenvalue weighted by Gasteiger charge is 2.33. The summed E-state index contributed by atoms with van der Waals surface area (Å²) in [6.07, 6.45) is 9.53. The Bertz CT molecular complexity index is 352. The van der Waals surface area contributed by atoms with Crippen molar-refractivity contribution in [1.29, 1.82) is 0 Å². The van der Waals surface area contributed by atoms with Crippen molar-refractivity contribution in [3.8, 4) is 5.75 Å². The first-order valence-electron chi connectivity index (χ1n) is 9.00. The maximum absolute atomic E-state index is 6.56. The lowest BCUT2D eigenvalue weighted by Crippen LogP contribution is -2.40. The second-order valence-corrected chi connectivity index (χ2v) is 10.5. The van der Waals surface area contributed by atoms with Crippen LogP contribution in [0.15, 0.2) is 30.3 Å². The number of hydrogen-bond acceptors (Lipinski definition) is 1. The van der Waals surface area contributed by atoms with E-state index in [9.17, 15) is 0 Å². The number of unbranched alkanes of at least 4 members (excludes halogenated alkanes) is 5. The van der Waals surface area contributed by atoms with Crippen molar-refractivity contribution in [1.82, 2.24) is 0 Å². The Hall–Kier alpha value is -0.763. The SMILES string of the molecule is CCCCCCCC[Si](CC)(CCC)Oc1ccccc1. The van der Waals surface area contributed by atoms with Crippen LogP contribution in [0.2, 0.25) is 18.1 Å². The monoisotopic (exact) mass is 306 g/mol. The van der Waals surface area contributed by atoms with Crippen LogP contribution in [0.3, 0.4) is 0 Å². The quantitative estimate of drug-likeness (QED) is 0.305. The van der Waals surface area contributed by atoms with E-state index in [1.54, 1.807) is 0 Å². The Morgan fingerprint density at radius 1 is 0.762 bits per heavy atom. The van der Waals surface area contributed by atoms with Crippen LogP contribution in [0.5, 0.6) is 5.75 Å². The zero-order chi connectivity index (χ0) is 15.4. The van der Waals surface area contributed by atoms with Crippen molar-refractivity contribution in [3.05, 3.63) is 30.3 Å². The summed E-state index contributed by atoms with van der Waals surface area (Å²) in [5.41, 5.74) is 0. The third kappa shape index (κ3) is 7.17. The molecule has 1 unspecified atom stereocenters. The standard InChI is InChI=1S/C19H34OSi/c1-4-7-8-9-10-14-18-21(6-3,17-5-2)20-19-15-12-11-13-16-19/h11-13,15-16H,4-10,14,17-18H2,1-3H3. The van der Waals surface area contributed by atoms with Gasteiger partial charge in [-0.05, 0) is 30.3 Å². The first-order valence-corrected chi connectivity index (χ1v) is 11.5. The van der Waals surface area contributed by atoms with Crippen molar-refractivity contribution in [2.24, 2.45) is 0 Å². The molecule has 0 saturated heterocycles. The van der Waals surface area contributed by atoms with E-state index < -0.39 is 8.32 Å². The molecule has 1 atom stereocenters. The van der Waals surface area contributed by atoms with Crippen LogP contribution in [0.1, 0.15) is 65.7 Å². The smallest absolute Gasteiger partial charge is 0.251 e. The minimum Gasteiger partial charge on any atom is -0.543 e. The molecule has 0 fully saturated rings. The third-order valence-electron chi connectivity index (χ3n) is 4.41. The molecule has 0 aliphatic carbocycles. The topological polar surface area (TPSA) is 9.23 Å². The third-order valence-corrected chi connectivity index (χ3v) is 9.05. The molecule has 0 N–H and O–H groups in total. The molecular formula is C19H34OSi. The average molecular weight is 307 g/mol. The maximum Gasteiger partial charge on any atom is 0.251 e. The first-order chi connectivity index (χ1) is 10.3. The van der Waals surface area contributed by atoms with Crippen molar-refractivity contribution >= 4 is 8.32 Å². The van der Waals surface area contributed by atoms with Gasteiger partial charge in [0.1, 0.15) is 5.75 Å². The Kier molecular flexibility index (Phi) is 9.48. The Labute approximate surface area is 133 Å². The molecule has 1 nitrogen and oxygen atoms in total. The Morgan fingerprint density at radius 2 is 1.43 bits per heavy atom. The number of rotatable bonds is 12. The van der Waals surface area contributed by atoms with Gasteiger partial charge in [-0.3, -0.25) is 0 Å². The van der Waals surface area contributed by atoms with E-state index in [4.69, 9.17) is 4.43 Å². The number of hydrogen-bond donors (Lipinski definition) is 0. The van der Waals surface area contributed by atoms with Gasteiger partial charge in [0.2, 0.25) is 0 Å². The van der Waals surface area contributed by atoms with E-state index >= 15 is 0 Å². The molecule has 0 aliphatic rings. The fraction of sp³-hybridized carbons (Fsp3) is 0.684. The van der Waals surface area contributed by atoms with Crippen LogP contribution in [-0.2, 0) is 0 Å². The first kappa shape index (κ1) is 18.3. The summed E-state index contributed by atoms with van der Waals surface area (Å²) in [4.78, 5) is 0. The molecule has 0 amide bonds. The van der Waals surface area contributed by atoms with Gasteiger partial charge >= 0.3 is 0 Å². The summed E-state index contributed by atoms with van der Waals surface area (Å²) < 4.78 is 6.56. The molecular weight excluding hydrogens is 272 g/mol. The maximum atomic E-state index is 6.56. The summed E-state index contributed by atoms with van der Waals surface area (Å²) in [6, 6.07) is 14.3. The van der Waals surface area contributed by atoms with E-state index in [1.165, 1.54) is 63.1 Å². The summed E-state index contributed by atoms with van der Waals surface area (Å²) in [5.74, 6) is 1.09. The highest BCUT2D eigenvalue weighted by Crippen LogP contribution is 2.29. The van der Waals surface area contributed by atoms with E-state index in [1.807, 2.05) is 0 Å². The molecule has 0 spiro atoms. The van der Waals surface area contributed by atoms with Gasteiger partial charge < -0.3 is 4.43 Å². The van der Waals surface area contributed by atoms with Gasteiger partial charge in [-0.2, -0.15) is 0 Å². The average Bonchev–Trinajstić information content (AvgIpc) is 2.52. The number of benzene rings is 1. The van der Waals surface area contributed by atoms with Crippen LogP contribution in [0.25, 0.3) is 0 Å². The predicted octanol–water partition coefficient (Wildman–Crippen LogP) is 6.80. The minimum absolute atomic E-state index is 1.09. The summed E-state index contributed by atoms with van der Waals surface area (Å²) in [5, 5.41) is 0. The van der Waals surface area contributed by atoms with Crippen molar-refractivity contribution < 1.29 is 4.43 Å². The minimum atomic E-state index is -1.58. The fourth-order valence-electron chi connectivity index (χ4n) is 3.07.